The molecule has 0 saturated carbocycles. The van der Waals surface area contributed by atoms with E-state index in [9.17, 15) is 19.5 Å². The van der Waals surface area contributed by atoms with Crippen LogP contribution < -0.4 is 15.0 Å². The number of nitrogens with zero attached hydrogens (tertiary/aromatic N) is 2. The summed E-state index contributed by atoms with van der Waals surface area (Å²) in [5.41, 5.74) is 1.54. The first-order chi connectivity index (χ1) is 17.4. The maximum atomic E-state index is 13.6. The fourth-order valence-corrected chi connectivity index (χ4v) is 4.97. The molecule has 2 aromatic rings. The van der Waals surface area contributed by atoms with Gasteiger partial charge in [-0.25, -0.2) is 4.79 Å². The van der Waals surface area contributed by atoms with Gasteiger partial charge in [0.05, 0.1) is 24.4 Å². The first-order valence-corrected chi connectivity index (χ1v) is 12.8. The van der Waals surface area contributed by atoms with Crippen LogP contribution in [0.4, 0.5) is 5.69 Å². The van der Waals surface area contributed by atoms with Crippen LogP contribution in [0.3, 0.4) is 0 Å². The summed E-state index contributed by atoms with van der Waals surface area (Å²) in [5, 5.41) is 13.7. The Morgan fingerprint density at radius 1 is 1.17 bits per heavy atom. The van der Waals surface area contributed by atoms with Crippen LogP contribution in [-0.2, 0) is 16.1 Å². The van der Waals surface area contributed by atoms with Gasteiger partial charge in [0.1, 0.15) is 18.3 Å². The zero-order valence-electron chi connectivity index (χ0n) is 20.4. The summed E-state index contributed by atoms with van der Waals surface area (Å²) in [6.45, 7) is 4.17. The van der Waals surface area contributed by atoms with Crippen LogP contribution in [0.5, 0.6) is 5.75 Å². The Hall–Kier alpha value is -3.10. The molecule has 1 unspecified atom stereocenters. The fourth-order valence-electron chi connectivity index (χ4n) is 4.84. The average Bonchev–Trinajstić information content (AvgIpc) is 2.97. The Bertz CT molecular complexity index is 1100. The summed E-state index contributed by atoms with van der Waals surface area (Å²) >= 11 is 6.01. The van der Waals surface area contributed by atoms with E-state index in [0.717, 1.165) is 42.8 Å². The van der Waals surface area contributed by atoms with E-state index in [4.69, 9.17) is 16.3 Å². The van der Waals surface area contributed by atoms with Crippen LogP contribution >= 0.6 is 11.6 Å². The normalized spacial score (nSPS) is 17.5. The van der Waals surface area contributed by atoms with Crippen molar-refractivity contribution in [2.75, 3.05) is 31.1 Å². The lowest BCUT2D eigenvalue weighted by atomic mass is 9.95. The van der Waals surface area contributed by atoms with Crippen molar-refractivity contribution >= 4 is 35.1 Å². The van der Waals surface area contributed by atoms with Crippen molar-refractivity contribution in [3.8, 4) is 5.75 Å². The molecule has 0 radical (unpaired) electrons. The number of hydrogen-bond donors (Lipinski definition) is 2. The Morgan fingerprint density at radius 2 is 1.89 bits per heavy atom. The van der Waals surface area contributed by atoms with E-state index in [1.54, 1.807) is 37.3 Å². The third kappa shape index (κ3) is 5.99. The number of halogens is 1. The Labute approximate surface area is 216 Å². The number of aliphatic carboxylic acids is 1. The lowest BCUT2D eigenvalue weighted by Crippen LogP contribution is -2.48. The van der Waals surface area contributed by atoms with Gasteiger partial charge in [0.25, 0.3) is 5.91 Å². The molecule has 2 aromatic carbocycles. The van der Waals surface area contributed by atoms with Crippen LogP contribution in [-0.4, -0.2) is 60.1 Å². The predicted octanol–water partition coefficient (Wildman–Crippen LogP) is 3.96. The molecule has 2 heterocycles. The second-order valence-corrected chi connectivity index (χ2v) is 9.75. The molecule has 2 amide bonds. The van der Waals surface area contributed by atoms with Crippen LogP contribution in [0.15, 0.2) is 42.5 Å². The first-order valence-electron chi connectivity index (χ1n) is 12.4. The van der Waals surface area contributed by atoms with E-state index in [2.05, 4.69) is 5.32 Å². The highest BCUT2D eigenvalue weighted by atomic mass is 35.5. The second kappa shape index (κ2) is 11.8. The molecule has 0 spiro atoms. The molecule has 9 heteroatoms. The number of fused-ring (bicyclic) bond motifs is 1. The van der Waals surface area contributed by atoms with Gasteiger partial charge in [-0.05, 0) is 80.6 Å². The highest BCUT2D eigenvalue weighted by molar-refractivity contribution is 6.30. The van der Waals surface area contributed by atoms with E-state index in [-0.39, 0.29) is 31.0 Å². The van der Waals surface area contributed by atoms with Crippen molar-refractivity contribution < 1.29 is 24.2 Å². The highest BCUT2D eigenvalue weighted by Gasteiger charge is 2.37. The topological polar surface area (TPSA) is 99.2 Å². The molecule has 8 nitrogen and oxygen atoms in total. The SMILES string of the molecule is CCC(C(=O)O)N1CC(=O)N(Cc2ccc(Cl)cc2)c2ccc(OCCC3CCNCC3)cc2C1=O. The van der Waals surface area contributed by atoms with Crippen molar-refractivity contribution in [2.24, 2.45) is 5.92 Å². The molecule has 1 saturated heterocycles. The van der Waals surface area contributed by atoms with Gasteiger partial charge >= 0.3 is 5.97 Å². The Balaban J connectivity index is 1.63. The minimum atomic E-state index is -1.14. The van der Waals surface area contributed by atoms with Crippen LogP contribution in [0, 0.1) is 5.92 Å². The predicted molar refractivity (Wildman–Crippen MR) is 138 cm³/mol. The Kier molecular flexibility index (Phi) is 8.48. The van der Waals surface area contributed by atoms with Crippen molar-refractivity contribution in [1.82, 2.24) is 10.2 Å². The van der Waals surface area contributed by atoms with Crippen molar-refractivity contribution in [3.63, 3.8) is 0 Å². The molecule has 2 aliphatic heterocycles. The molecule has 1 atom stereocenters. The van der Waals surface area contributed by atoms with E-state index in [0.29, 0.717) is 29.0 Å². The lowest BCUT2D eigenvalue weighted by molar-refractivity contribution is -0.142. The molecule has 192 valence electrons. The van der Waals surface area contributed by atoms with E-state index < -0.39 is 17.9 Å². The zero-order valence-corrected chi connectivity index (χ0v) is 21.2. The largest absolute Gasteiger partial charge is 0.494 e. The number of anilines is 1. The number of carboxylic acid groups (broad SMARTS) is 1. The van der Waals surface area contributed by atoms with Gasteiger partial charge in [0.15, 0.2) is 0 Å². The molecule has 2 aliphatic rings. The standard InChI is InChI=1S/C27H32ClN3O5/c1-2-23(27(34)35)31-17-25(32)30(16-19-3-5-20(28)6-4-19)24-8-7-21(15-22(24)26(31)33)36-14-11-18-9-12-29-13-10-18/h3-8,15,18,23,29H,2,9-14,16-17H2,1H3,(H,34,35). The highest BCUT2D eigenvalue weighted by Crippen LogP contribution is 2.32. The number of benzene rings is 2. The molecular weight excluding hydrogens is 482 g/mol. The summed E-state index contributed by atoms with van der Waals surface area (Å²) in [7, 11) is 0. The molecule has 36 heavy (non-hydrogen) atoms. The number of nitrogens with one attached hydrogen (secondary N) is 1. The lowest BCUT2D eigenvalue weighted by Gasteiger charge is -2.26. The summed E-state index contributed by atoms with van der Waals surface area (Å²) in [6, 6.07) is 11.1. The first kappa shape index (κ1) is 26.0. The summed E-state index contributed by atoms with van der Waals surface area (Å²) < 4.78 is 6.00. The van der Waals surface area contributed by atoms with Crippen LogP contribution in [0.25, 0.3) is 0 Å². The molecular formula is C27H32ClN3O5. The molecule has 2 N–H and O–H groups in total. The van der Waals surface area contributed by atoms with Gasteiger partial charge in [-0.3, -0.25) is 9.59 Å². The van der Waals surface area contributed by atoms with Gasteiger partial charge in [-0.1, -0.05) is 30.7 Å². The monoisotopic (exact) mass is 513 g/mol. The van der Waals surface area contributed by atoms with E-state index in [1.807, 2.05) is 12.1 Å². The quantitative estimate of drug-likeness (QED) is 0.526. The number of carbonyl (C=O) groups is 3. The molecule has 0 aromatic heterocycles. The van der Waals surface area contributed by atoms with Gasteiger partial charge in [0, 0.05) is 5.02 Å². The van der Waals surface area contributed by atoms with Gasteiger partial charge in [-0.15, -0.1) is 0 Å². The number of rotatable bonds is 9. The van der Waals surface area contributed by atoms with Gasteiger partial charge in [0.2, 0.25) is 5.91 Å². The maximum absolute atomic E-state index is 13.6. The number of ether oxygens (including phenoxy) is 1. The zero-order chi connectivity index (χ0) is 25.7. The second-order valence-electron chi connectivity index (χ2n) is 9.31. The number of amides is 2. The summed E-state index contributed by atoms with van der Waals surface area (Å²) in [5.74, 6) is -0.843. The molecule has 1 fully saturated rings. The molecule has 0 aliphatic carbocycles. The summed E-state index contributed by atoms with van der Waals surface area (Å²) in [6.07, 6.45) is 3.36. The van der Waals surface area contributed by atoms with E-state index >= 15 is 0 Å². The Morgan fingerprint density at radius 3 is 2.56 bits per heavy atom. The number of carbonyl (C=O) groups excluding carboxylic acids is 2. The van der Waals surface area contributed by atoms with Gasteiger partial charge in [-0.2, -0.15) is 0 Å². The average molecular weight is 514 g/mol. The van der Waals surface area contributed by atoms with Crippen molar-refractivity contribution in [3.05, 3.63) is 58.6 Å². The van der Waals surface area contributed by atoms with Gasteiger partial charge < -0.3 is 25.0 Å². The fraction of sp³-hybridized carbons (Fsp3) is 0.444. The summed E-state index contributed by atoms with van der Waals surface area (Å²) in [4.78, 5) is 41.6. The third-order valence-corrected chi connectivity index (χ3v) is 7.16. The number of hydrogen-bond acceptors (Lipinski definition) is 5. The van der Waals surface area contributed by atoms with Crippen molar-refractivity contribution in [1.29, 1.82) is 0 Å². The minimum absolute atomic E-state index is 0.188. The number of carboxylic acids is 1. The maximum Gasteiger partial charge on any atom is 0.326 e. The van der Waals surface area contributed by atoms with E-state index in [1.165, 1.54) is 4.90 Å². The molecule has 0 bridgehead atoms. The minimum Gasteiger partial charge on any atom is -0.494 e. The third-order valence-electron chi connectivity index (χ3n) is 6.91. The number of piperidine rings is 1. The molecule has 4 rings (SSSR count). The van der Waals surface area contributed by atoms with Crippen LogP contribution in [0.1, 0.15) is 48.5 Å². The van der Waals surface area contributed by atoms with Crippen LogP contribution in [0.2, 0.25) is 5.02 Å². The van der Waals surface area contributed by atoms with Crippen molar-refractivity contribution in [2.45, 2.75) is 45.2 Å². The smallest absolute Gasteiger partial charge is 0.326 e.